The Morgan fingerprint density at radius 1 is 1.03 bits per heavy atom. The normalized spacial score (nSPS) is 11.6. The summed E-state index contributed by atoms with van der Waals surface area (Å²) in [6.45, 7) is 3.82. The number of fused-ring (bicyclic) bond motifs is 1. The van der Waals surface area contributed by atoms with Gasteiger partial charge in [-0.2, -0.15) is 5.10 Å². The van der Waals surface area contributed by atoms with Gasteiger partial charge in [0.05, 0.1) is 16.1 Å². The summed E-state index contributed by atoms with van der Waals surface area (Å²) in [6.07, 6.45) is 1.38. The van der Waals surface area contributed by atoms with Gasteiger partial charge in [-0.3, -0.25) is 9.71 Å². The smallest absolute Gasteiger partial charge is 0.417 e. The largest absolute Gasteiger partial charge is 0.439 e. The van der Waals surface area contributed by atoms with Gasteiger partial charge < -0.3 is 9.15 Å². The molecule has 12 heteroatoms. The van der Waals surface area contributed by atoms with E-state index in [-0.39, 0.29) is 10.5 Å². The van der Waals surface area contributed by atoms with Crippen LogP contribution in [0.5, 0.6) is 11.6 Å². The summed E-state index contributed by atoms with van der Waals surface area (Å²) in [7, 11) is -3.89. The molecule has 2 N–H and O–H groups in total. The molecule has 34 heavy (non-hydrogen) atoms. The number of aromatic amines is 1. The molecule has 5 aromatic rings. The topological polar surface area (TPSA) is 145 Å². The number of aromatic nitrogens is 5. The molecule has 0 spiro atoms. The maximum Gasteiger partial charge on any atom is 0.417 e. The van der Waals surface area contributed by atoms with E-state index in [0.29, 0.717) is 28.7 Å². The fourth-order valence-electron chi connectivity index (χ4n) is 3.39. The minimum Gasteiger partial charge on any atom is -0.439 e. The second kappa shape index (κ2) is 8.15. The van der Waals surface area contributed by atoms with E-state index in [1.54, 1.807) is 35.0 Å². The van der Waals surface area contributed by atoms with Crippen molar-refractivity contribution < 1.29 is 17.6 Å². The van der Waals surface area contributed by atoms with Gasteiger partial charge in [0, 0.05) is 17.4 Å². The van der Waals surface area contributed by atoms with Crippen LogP contribution in [-0.4, -0.2) is 33.2 Å². The van der Waals surface area contributed by atoms with Crippen molar-refractivity contribution in [2.45, 2.75) is 18.7 Å². The fraction of sp³-hybridized carbons (Fsp3) is 0.0909. The van der Waals surface area contributed by atoms with Crippen LogP contribution in [0, 0.1) is 13.8 Å². The first-order valence-corrected chi connectivity index (χ1v) is 11.5. The number of nitrogens with zero attached hydrogens (tertiary/aromatic N) is 4. The highest BCUT2D eigenvalue weighted by molar-refractivity contribution is 7.92. The molecule has 2 aromatic carbocycles. The van der Waals surface area contributed by atoms with E-state index in [4.69, 9.17) is 9.15 Å². The molecule has 0 fully saturated rings. The van der Waals surface area contributed by atoms with Crippen molar-refractivity contribution in [3.8, 4) is 17.4 Å². The Bertz CT molecular complexity index is 1670. The highest BCUT2D eigenvalue weighted by atomic mass is 32.2. The predicted octanol–water partition coefficient (Wildman–Crippen LogP) is 3.31. The predicted molar refractivity (Wildman–Crippen MR) is 123 cm³/mol. The number of oxazole rings is 1. The number of H-pyrrole nitrogens is 1. The van der Waals surface area contributed by atoms with Crippen molar-refractivity contribution in [1.29, 1.82) is 0 Å². The quantitative estimate of drug-likeness (QED) is 0.378. The zero-order valence-corrected chi connectivity index (χ0v) is 18.8. The fourth-order valence-corrected chi connectivity index (χ4v) is 4.47. The van der Waals surface area contributed by atoms with Crippen molar-refractivity contribution in [3.63, 3.8) is 0 Å². The number of benzene rings is 2. The van der Waals surface area contributed by atoms with Gasteiger partial charge in [-0.25, -0.2) is 27.9 Å². The van der Waals surface area contributed by atoms with Crippen LogP contribution in [0.2, 0.25) is 0 Å². The molecule has 0 aliphatic carbocycles. The summed E-state index contributed by atoms with van der Waals surface area (Å²) in [5.41, 5.74) is 2.70. The number of rotatable bonds is 6. The van der Waals surface area contributed by atoms with Gasteiger partial charge in [-0.15, -0.1) is 0 Å². The molecule has 0 saturated carbocycles. The lowest BCUT2D eigenvalue weighted by molar-refractivity contribution is 0.460. The third kappa shape index (κ3) is 4.26. The summed E-state index contributed by atoms with van der Waals surface area (Å²) in [5.74, 6) is 0.682. The number of aryl methyl sites for hydroxylation is 2. The lowest BCUT2D eigenvalue weighted by atomic mass is 10.3. The number of nitrogens with one attached hydrogen (secondary N) is 2. The molecule has 0 aliphatic heterocycles. The van der Waals surface area contributed by atoms with Crippen LogP contribution in [0.15, 0.2) is 75.0 Å². The lowest BCUT2D eigenvalue weighted by Crippen LogP contribution is -2.12. The monoisotopic (exact) mass is 478 g/mol. The van der Waals surface area contributed by atoms with Crippen LogP contribution in [0.3, 0.4) is 0 Å². The van der Waals surface area contributed by atoms with Crippen molar-refractivity contribution in [3.05, 3.63) is 82.9 Å². The first-order chi connectivity index (χ1) is 16.3. The lowest BCUT2D eigenvalue weighted by Gasteiger charge is -2.10. The Balaban J connectivity index is 1.32. The van der Waals surface area contributed by atoms with E-state index in [1.165, 1.54) is 24.5 Å². The second-order valence-corrected chi connectivity index (χ2v) is 9.14. The molecule has 0 amide bonds. The molecular formula is C22H18N6O5S. The molecule has 0 atom stereocenters. The number of hydrogen-bond donors (Lipinski definition) is 2. The third-order valence-corrected chi connectivity index (χ3v) is 6.26. The average Bonchev–Trinajstić information content (AvgIpc) is 3.34. The van der Waals surface area contributed by atoms with E-state index in [1.807, 2.05) is 19.9 Å². The van der Waals surface area contributed by atoms with Crippen LogP contribution < -0.4 is 15.2 Å². The van der Waals surface area contributed by atoms with Gasteiger partial charge >= 0.3 is 5.76 Å². The first kappa shape index (κ1) is 21.4. The Morgan fingerprint density at radius 2 is 1.82 bits per heavy atom. The van der Waals surface area contributed by atoms with E-state index in [0.717, 1.165) is 11.4 Å². The van der Waals surface area contributed by atoms with Gasteiger partial charge in [-0.1, -0.05) is 0 Å². The molecule has 3 aromatic heterocycles. The Morgan fingerprint density at radius 3 is 2.56 bits per heavy atom. The summed E-state index contributed by atoms with van der Waals surface area (Å²) in [5, 5.41) is 4.40. The maximum absolute atomic E-state index is 12.7. The third-order valence-electron chi connectivity index (χ3n) is 4.88. The van der Waals surface area contributed by atoms with Gasteiger partial charge in [-0.05, 0) is 62.4 Å². The van der Waals surface area contributed by atoms with Crippen LogP contribution >= 0.6 is 0 Å². The van der Waals surface area contributed by atoms with Crippen molar-refractivity contribution in [1.82, 2.24) is 24.7 Å². The molecule has 172 valence electrons. The Kier molecular flexibility index (Phi) is 5.13. The van der Waals surface area contributed by atoms with E-state index in [2.05, 4.69) is 24.8 Å². The van der Waals surface area contributed by atoms with Gasteiger partial charge in [0.25, 0.3) is 10.0 Å². The molecule has 3 heterocycles. The van der Waals surface area contributed by atoms with Crippen molar-refractivity contribution in [2.24, 2.45) is 0 Å². The number of ether oxygens (including phenoxy) is 1. The Hall–Kier alpha value is -4.45. The minimum absolute atomic E-state index is 0.0185. The highest BCUT2D eigenvalue weighted by Gasteiger charge is 2.16. The number of sulfonamides is 1. The van der Waals surface area contributed by atoms with Gasteiger partial charge in [0.2, 0.25) is 5.88 Å². The zero-order valence-electron chi connectivity index (χ0n) is 18.0. The molecule has 0 aliphatic rings. The maximum atomic E-state index is 12.7. The summed E-state index contributed by atoms with van der Waals surface area (Å²) in [6, 6.07) is 14.0. The highest BCUT2D eigenvalue weighted by Crippen LogP contribution is 2.25. The van der Waals surface area contributed by atoms with E-state index in [9.17, 15) is 13.2 Å². The molecule has 5 rings (SSSR count). The SMILES string of the molecule is Cc1cc(C)n(-c2cc(Oc3ccc(NS(=O)(=O)c4ccc5oc(=O)[nH]c5c4)cc3)ncn2)n1. The van der Waals surface area contributed by atoms with Crippen LogP contribution in [0.25, 0.3) is 16.9 Å². The molecule has 0 bridgehead atoms. The Labute approximate surface area is 193 Å². The van der Waals surface area contributed by atoms with Gasteiger partial charge in [0.1, 0.15) is 12.1 Å². The van der Waals surface area contributed by atoms with Crippen LogP contribution in [-0.2, 0) is 10.0 Å². The summed E-state index contributed by atoms with van der Waals surface area (Å²) >= 11 is 0. The van der Waals surface area contributed by atoms with Crippen molar-refractivity contribution in [2.75, 3.05) is 4.72 Å². The van der Waals surface area contributed by atoms with Crippen molar-refractivity contribution >= 4 is 26.8 Å². The van der Waals surface area contributed by atoms with E-state index < -0.39 is 15.8 Å². The van der Waals surface area contributed by atoms with Crippen LogP contribution in [0.4, 0.5) is 5.69 Å². The molecule has 0 radical (unpaired) electrons. The molecular weight excluding hydrogens is 460 g/mol. The van der Waals surface area contributed by atoms with Crippen LogP contribution in [0.1, 0.15) is 11.4 Å². The standard InChI is InChI=1S/C22H18N6O5S/c1-13-9-14(2)28(26-13)20-11-21(24-12-23-20)32-16-5-3-15(4-6-16)27-34(30,31)17-7-8-19-18(10-17)25-22(29)33-19/h3-12,27H,1-2H3,(H,25,29). The number of anilines is 1. The average molecular weight is 478 g/mol. The zero-order chi connectivity index (χ0) is 23.9. The summed E-state index contributed by atoms with van der Waals surface area (Å²) in [4.78, 5) is 22.1. The molecule has 0 saturated heterocycles. The second-order valence-electron chi connectivity index (χ2n) is 7.46. The van der Waals surface area contributed by atoms with E-state index >= 15 is 0 Å². The molecule has 0 unspecified atom stereocenters. The number of hydrogen-bond acceptors (Lipinski definition) is 8. The molecule has 11 nitrogen and oxygen atoms in total. The first-order valence-electron chi connectivity index (χ1n) is 10.1. The summed E-state index contributed by atoms with van der Waals surface area (Å²) < 4.78 is 40.4. The van der Waals surface area contributed by atoms with Gasteiger partial charge in [0.15, 0.2) is 11.4 Å². The minimum atomic E-state index is -3.89.